The highest BCUT2D eigenvalue weighted by molar-refractivity contribution is 6.34. The number of carboxylic acids is 1. The first-order chi connectivity index (χ1) is 19.3. The average molecular weight is 603 g/mol. The van der Waals surface area contributed by atoms with Gasteiger partial charge >= 0.3 is 12.1 Å². The molecule has 15 heteroatoms. The van der Waals surface area contributed by atoms with Crippen LogP contribution >= 0.6 is 11.6 Å². The first kappa shape index (κ1) is 30.0. The first-order valence-corrected chi connectivity index (χ1v) is 12.6. The molecule has 41 heavy (non-hydrogen) atoms. The molecule has 1 fully saturated rings. The first-order valence-electron chi connectivity index (χ1n) is 12.2. The van der Waals surface area contributed by atoms with E-state index in [1.807, 2.05) is 0 Å². The van der Waals surface area contributed by atoms with Gasteiger partial charge in [0.05, 0.1) is 47.0 Å². The normalized spacial score (nSPS) is 17.3. The Morgan fingerprint density at radius 3 is 2.20 bits per heavy atom. The van der Waals surface area contributed by atoms with Crippen LogP contribution in [0.5, 0.6) is 0 Å². The van der Waals surface area contributed by atoms with Crippen LogP contribution in [0.25, 0.3) is 0 Å². The van der Waals surface area contributed by atoms with E-state index in [9.17, 15) is 45.8 Å². The topological polar surface area (TPSA) is 105 Å². The van der Waals surface area contributed by atoms with Crippen LogP contribution in [0, 0.1) is 23.4 Å². The Morgan fingerprint density at radius 1 is 1.00 bits per heavy atom. The number of aliphatic carboxylic acids is 1. The third-order valence-corrected chi connectivity index (χ3v) is 7.02. The van der Waals surface area contributed by atoms with Crippen molar-refractivity contribution in [2.45, 2.75) is 44.4 Å². The van der Waals surface area contributed by atoms with Gasteiger partial charge in [0.2, 0.25) is 0 Å². The van der Waals surface area contributed by atoms with Crippen molar-refractivity contribution in [2.24, 2.45) is 5.92 Å². The highest BCUT2D eigenvalue weighted by Crippen LogP contribution is 2.39. The van der Waals surface area contributed by atoms with E-state index in [1.54, 1.807) is 0 Å². The number of rotatable bonds is 8. The Morgan fingerprint density at radius 2 is 1.63 bits per heavy atom. The highest BCUT2D eigenvalue weighted by Gasteiger charge is 2.43. The molecule has 8 nitrogen and oxygen atoms in total. The molecule has 2 aromatic heterocycles. The zero-order valence-electron chi connectivity index (χ0n) is 21.0. The number of hydrogen-bond donors (Lipinski definition) is 1. The summed E-state index contributed by atoms with van der Waals surface area (Å²) in [6.45, 7) is -1.74. The molecule has 0 atom stereocenters. The number of benzene rings is 1. The minimum atomic E-state index is -5.10. The number of halogens is 7. The molecule has 0 spiro atoms. The number of alkyl halides is 3. The largest absolute Gasteiger partial charge is 0.481 e. The second kappa shape index (κ2) is 11.9. The average Bonchev–Trinajstić information content (AvgIpc) is 3.33. The Labute approximate surface area is 233 Å². The highest BCUT2D eigenvalue weighted by atomic mass is 35.5. The lowest BCUT2D eigenvalue weighted by atomic mass is 9.86. The predicted molar refractivity (Wildman–Crippen MR) is 130 cm³/mol. The lowest BCUT2D eigenvalue weighted by molar-refractivity contribution is -0.147. The number of hydrogen-bond acceptors (Lipinski definition) is 5. The predicted octanol–water partition coefficient (Wildman–Crippen LogP) is 5.71. The van der Waals surface area contributed by atoms with E-state index in [0.717, 1.165) is 18.3 Å². The van der Waals surface area contributed by atoms with Crippen molar-refractivity contribution >= 4 is 29.3 Å². The number of amides is 1. The van der Waals surface area contributed by atoms with Crippen molar-refractivity contribution < 1.29 is 45.8 Å². The van der Waals surface area contributed by atoms with Crippen LogP contribution in [0.4, 0.5) is 26.3 Å². The van der Waals surface area contributed by atoms with Crippen molar-refractivity contribution in [3.8, 4) is 0 Å². The van der Waals surface area contributed by atoms with Crippen LogP contribution in [0.15, 0.2) is 36.8 Å². The molecule has 3 aromatic rings. The second-order valence-corrected chi connectivity index (χ2v) is 9.94. The van der Waals surface area contributed by atoms with Gasteiger partial charge in [0.15, 0.2) is 17.3 Å². The summed E-state index contributed by atoms with van der Waals surface area (Å²) in [4.78, 5) is 41.9. The van der Waals surface area contributed by atoms with E-state index in [1.165, 1.54) is 0 Å². The molecule has 1 aromatic carbocycles. The molecule has 0 bridgehead atoms. The van der Waals surface area contributed by atoms with E-state index in [4.69, 9.17) is 11.6 Å². The molecule has 4 rings (SSSR count). The number of nitrogens with zero attached hydrogens (tertiary/aromatic N) is 4. The van der Waals surface area contributed by atoms with E-state index >= 15 is 0 Å². The Kier molecular flexibility index (Phi) is 8.71. The lowest BCUT2D eigenvalue weighted by Gasteiger charge is -2.28. The molecule has 218 valence electrons. The maximum absolute atomic E-state index is 14.3. The molecule has 1 aliphatic rings. The molecule has 1 saturated carbocycles. The van der Waals surface area contributed by atoms with Crippen molar-refractivity contribution in [3.05, 3.63) is 81.6 Å². The van der Waals surface area contributed by atoms with Gasteiger partial charge in [0.25, 0.3) is 5.91 Å². The van der Waals surface area contributed by atoms with Crippen LogP contribution < -0.4 is 0 Å². The minimum Gasteiger partial charge on any atom is -0.481 e. The molecule has 0 saturated heterocycles. The maximum atomic E-state index is 14.3. The number of Topliss-reactive ketones (excluding diaryl/α,β-unsaturated/α-hetero) is 1. The van der Waals surface area contributed by atoms with Gasteiger partial charge in [0.1, 0.15) is 11.6 Å². The van der Waals surface area contributed by atoms with Gasteiger partial charge in [-0.25, -0.2) is 13.2 Å². The smallest absolute Gasteiger partial charge is 0.433 e. The van der Waals surface area contributed by atoms with Crippen LogP contribution in [-0.4, -0.2) is 49.0 Å². The third kappa shape index (κ3) is 6.69. The van der Waals surface area contributed by atoms with Gasteiger partial charge in [-0.05, 0) is 43.4 Å². The van der Waals surface area contributed by atoms with Crippen molar-refractivity contribution in [2.75, 3.05) is 6.54 Å². The summed E-state index contributed by atoms with van der Waals surface area (Å²) in [7, 11) is 0. The summed E-state index contributed by atoms with van der Waals surface area (Å²) in [5.41, 5.74) is -3.26. The van der Waals surface area contributed by atoms with Crippen LogP contribution in [0.3, 0.4) is 0 Å². The Bertz CT molecular complexity index is 1450. The standard InChI is InChI=1S/C26H21ClF6N4O4/c27-19-9-34-10-20(30)22(19)21(38)12-36(11-13-5-15(28)7-16(29)6-13)24(39)18-8-35-37(23(18)26(31,32)33)17-3-1-14(2-4-17)25(40)41/h5-10,14,17H,1-4,11-12H2,(H,40,41). The van der Waals surface area contributed by atoms with Crippen LogP contribution in [0.1, 0.15) is 63.7 Å². The minimum absolute atomic E-state index is 0.0555. The maximum Gasteiger partial charge on any atom is 0.433 e. The zero-order valence-corrected chi connectivity index (χ0v) is 21.7. The summed E-state index contributed by atoms with van der Waals surface area (Å²) >= 11 is 5.89. The number of aromatic nitrogens is 3. The fourth-order valence-corrected chi connectivity index (χ4v) is 5.12. The number of ketones is 1. The van der Waals surface area contributed by atoms with Crippen molar-refractivity contribution in [1.82, 2.24) is 19.7 Å². The molecular formula is C26H21ClF6N4O4. The Hall–Kier alpha value is -3.94. The van der Waals surface area contributed by atoms with Gasteiger partial charge in [-0.15, -0.1) is 0 Å². The summed E-state index contributed by atoms with van der Waals surface area (Å²) in [5, 5.41) is 12.6. The fourth-order valence-electron chi connectivity index (χ4n) is 4.87. The van der Waals surface area contributed by atoms with Crippen LogP contribution in [0.2, 0.25) is 5.02 Å². The molecule has 0 unspecified atom stereocenters. The van der Waals surface area contributed by atoms with Gasteiger partial charge in [0, 0.05) is 18.8 Å². The Balaban J connectivity index is 1.73. The van der Waals surface area contributed by atoms with E-state index in [-0.39, 0.29) is 31.2 Å². The number of carbonyl (C=O) groups is 3. The third-order valence-electron chi connectivity index (χ3n) is 6.74. The summed E-state index contributed by atoms with van der Waals surface area (Å²) in [5.74, 6) is -7.47. The molecule has 1 aliphatic carbocycles. The molecule has 2 heterocycles. The van der Waals surface area contributed by atoms with Gasteiger partial charge in [-0.2, -0.15) is 18.3 Å². The van der Waals surface area contributed by atoms with Gasteiger partial charge < -0.3 is 10.0 Å². The molecule has 1 N–H and O–H groups in total. The summed E-state index contributed by atoms with van der Waals surface area (Å²) < 4.78 is 85.7. The summed E-state index contributed by atoms with van der Waals surface area (Å²) in [6, 6.07) is 1.32. The fraction of sp³-hybridized carbons (Fsp3) is 0.346. The zero-order chi connectivity index (χ0) is 30.1. The van der Waals surface area contributed by atoms with Crippen molar-refractivity contribution in [1.29, 1.82) is 0 Å². The number of carbonyl (C=O) groups excluding carboxylic acids is 2. The van der Waals surface area contributed by atoms with Gasteiger partial charge in [-0.3, -0.25) is 24.0 Å². The van der Waals surface area contributed by atoms with Crippen LogP contribution in [-0.2, 0) is 17.5 Å². The molecule has 0 aliphatic heterocycles. The second-order valence-electron chi connectivity index (χ2n) is 9.53. The SMILES string of the molecule is O=C(CN(Cc1cc(F)cc(F)c1)C(=O)c1cnn(C2CCC(C(=O)O)CC2)c1C(F)(F)F)c1c(F)cncc1Cl. The monoisotopic (exact) mass is 602 g/mol. The van der Waals surface area contributed by atoms with Crippen molar-refractivity contribution in [3.63, 3.8) is 0 Å². The number of pyridine rings is 1. The van der Waals surface area contributed by atoms with E-state index < -0.39 is 88.2 Å². The molecule has 1 amide bonds. The number of carboxylic acid groups (broad SMARTS) is 1. The van der Waals surface area contributed by atoms with Gasteiger partial charge in [-0.1, -0.05) is 11.6 Å². The van der Waals surface area contributed by atoms with E-state index in [0.29, 0.717) is 28.0 Å². The molecule has 0 radical (unpaired) electrons. The lowest BCUT2D eigenvalue weighted by Crippen LogP contribution is -2.37. The summed E-state index contributed by atoms with van der Waals surface area (Å²) in [6.07, 6.45) is -2.49. The quantitative estimate of drug-likeness (QED) is 0.262. The molecular weight excluding hydrogens is 582 g/mol. The van der Waals surface area contributed by atoms with E-state index in [2.05, 4.69) is 10.1 Å².